The van der Waals surface area contributed by atoms with Gasteiger partial charge in [0.15, 0.2) is 0 Å². The van der Waals surface area contributed by atoms with Crippen LogP contribution in [-0.4, -0.2) is 45.8 Å². The van der Waals surface area contributed by atoms with Crippen LogP contribution in [0.5, 0.6) is 0 Å². The van der Waals surface area contributed by atoms with Crippen LogP contribution in [0.4, 0.5) is 5.69 Å². The van der Waals surface area contributed by atoms with E-state index < -0.39 is 0 Å². The van der Waals surface area contributed by atoms with Crippen LogP contribution in [0.3, 0.4) is 0 Å². The van der Waals surface area contributed by atoms with E-state index in [9.17, 15) is 9.90 Å². The molecule has 8 nitrogen and oxygen atoms in total. The molecule has 168 valence electrons. The predicted octanol–water partition coefficient (Wildman–Crippen LogP) is 3.57. The van der Waals surface area contributed by atoms with Crippen molar-refractivity contribution in [1.82, 2.24) is 15.0 Å². The number of hydrogen-bond donors (Lipinski definition) is 4. The molecule has 0 aliphatic carbocycles. The summed E-state index contributed by atoms with van der Waals surface area (Å²) in [6.07, 6.45) is 3.86. The minimum atomic E-state index is -0.321. The van der Waals surface area contributed by atoms with Crippen molar-refractivity contribution >= 4 is 44.7 Å². The molecule has 1 atom stereocenters. The van der Waals surface area contributed by atoms with Gasteiger partial charge in [-0.1, -0.05) is 30.3 Å². The van der Waals surface area contributed by atoms with Gasteiger partial charge in [0.1, 0.15) is 22.7 Å². The first-order chi connectivity index (χ1) is 16.0. The number of halogens is 1. The van der Waals surface area contributed by atoms with Crippen LogP contribution in [0.25, 0.3) is 22.4 Å². The van der Waals surface area contributed by atoms with E-state index in [0.717, 1.165) is 15.6 Å². The molecule has 0 amide bonds. The Labute approximate surface area is 198 Å². The Morgan fingerprint density at radius 1 is 1.27 bits per heavy atom. The van der Waals surface area contributed by atoms with Crippen molar-refractivity contribution in [2.45, 2.75) is 6.42 Å². The number of imidazole rings is 1. The van der Waals surface area contributed by atoms with Crippen molar-refractivity contribution in [1.29, 1.82) is 0 Å². The van der Waals surface area contributed by atoms with E-state index in [0.29, 0.717) is 40.4 Å². The normalized spacial score (nSPS) is 13.1. The number of fused-ring (bicyclic) bond motifs is 1. The molecule has 0 spiro atoms. The second-order valence-electron chi connectivity index (χ2n) is 7.53. The van der Waals surface area contributed by atoms with Crippen LogP contribution in [-0.2, 0) is 6.42 Å². The summed E-state index contributed by atoms with van der Waals surface area (Å²) in [5, 5.41) is 9.82. The fraction of sp³-hybridized carbons (Fsp3) is 0.167. The molecule has 0 bridgehead atoms. The molecule has 33 heavy (non-hydrogen) atoms. The van der Waals surface area contributed by atoms with Crippen LogP contribution >= 0.6 is 15.9 Å². The highest BCUT2D eigenvalue weighted by molar-refractivity contribution is 9.10. The van der Waals surface area contributed by atoms with E-state index in [1.54, 1.807) is 25.5 Å². The molecule has 5 N–H and O–H groups in total. The van der Waals surface area contributed by atoms with E-state index in [1.807, 2.05) is 42.5 Å². The number of nitrogens with zero attached hydrogens (tertiary/aromatic N) is 3. The zero-order valence-corrected chi connectivity index (χ0v) is 19.5. The second-order valence-corrected chi connectivity index (χ2v) is 8.38. The number of pyridine rings is 1. The summed E-state index contributed by atoms with van der Waals surface area (Å²) in [6.45, 7) is -0.0579. The SMILES string of the molecule is CN=C(N)c1cc(Br)c2nc(-c3c(N=CC(CO)Cc4ccccc4)cc[nH]c3=O)[nH]c2c1. The lowest BCUT2D eigenvalue weighted by Gasteiger charge is -2.09. The number of rotatable bonds is 7. The third kappa shape index (κ3) is 4.94. The van der Waals surface area contributed by atoms with Crippen LogP contribution in [0, 0.1) is 5.92 Å². The molecule has 0 aliphatic heterocycles. The fourth-order valence-corrected chi connectivity index (χ4v) is 4.09. The Balaban J connectivity index is 1.72. The Hall–Kier alpha value is -3.56. The van der Waals surface area contributed by atoms with E-state index in [2.05, 4.69) is 40.9 Å². The predicted molar refractivity (Wildman–Crippen MR) is 135 cm³/mol. The lowest BCUT2D eigenvalue weighted by molar-refractivity contribution is 0.263. The molecule has 0 aliphatic rings. The maximum absolute atomic E-state index is 12.7. The third-order valence-electron chi connectivity index (χ3n) is 5.25. The third-order valence-corrected chi connectivity index (χ3v) is 5.86. The van der Waals surface area contributed by atoms with Crippen molar-refractivity contribution in [3.63, 3.8) is 0 Å². The smallest absolute Gasteiger partial charge is 0.261 e. The average Bonchev–Trinajstić information content (AvgIpc) is 3.26. The lowest BCUT2D eigenvalue weighted by atomic mass is 10.0. The number of aliphatic imine (C=N–C) groups is 2. The molecular weight excluding hydrogens is 484 g/mol. The molecule has 0 fully saturated rings. The van der Waals surface area contributed by atoms with E-state index in [4.69, 9.17) is 5.73 Å². The summed E-state index contributed by atoms with van der Waals surface area (Å²) in [5.41, 5.74) is 9.60. The first kappa shape index (κ1) is 22.6. The van der Waals surface area contributed by atoms with Gasteiger partial charge in [-0.3, -0.25) is 14.8 Å². The van der Waals surface area contributed by atoms with Crippen LogP contribution in [0.15, 0.2) is 74.0 Å². The molecule has 9 heteroatoms. The number of hydrogen-bond acceptors (Lipinski definition) is 5. The van der Waals surface area contributed by atoms with Gasteiger partial charge < -0.3 is 20.8 Å². The van der Waals surface area contributed by atoms with E-state index >= 15 is 0 Å². The maximum atomic E-state index is 12.7. The number of benzene rings is 2. The number of aliphatic hydroxyl groups is 1. The standard InChI is InChI=1S/C24H23BrN6O2/c1-27-22(26)16-10-17(25)21-19(11-16)30-23(31-21)20-18(7-8-28-24(20)33)29-12-15(13-32)9-14-5-3-2-4-6-14/h2-8,10-12,15,32H,9,13H2,1H3,(H2,26,27)(H,28,33)(H,30,31). The van der Waals surface area contributed by atoms with Crippen molar-refractivity contribution in [2.75, 3.05) is 13.7 Å². The summed E-state index contributed by atoms with van der Waals surface area (Å²) < 4.78 is 0.727. The number of nitrogens with one attached hydrogen (secondary N) is 2. The zero-order chi connectivity index (χ0) is 23.4. The first-order valence-electron chi connectivity index (χ1n) is 10.3. The minimum absolute atomic E-state index is 0.0579. The zero-order valence-electron chi connectivity index (χ0n) is 17.9. The van der Waals surface area contributed by atoms with Gasteiger partial charge in [-0.2, -0.15) is 0 Å². The Bertz CT molecular complexity index is 1390. The highest BCUT2D eigenvalue weighted by atomic mass is 79.9. The Kier molecular flexibility index (Phi) is 6.81. The number of amidine groups is 1. The van der Waals surface area contributed by atoms with Gasteiger partial charge in [-0.25, -0.2) is 4.98 Å². The van der Waals surface area contributed by atoms with Gasteiger partial charge in [-0.15, -0.1) is 0 Å². The van der Waals surface area contributed by atoms with E-state index in [-0.39, 0.29) is 18.1 Å². The van der Waals surface area contributed by atoms with Gasteiger partial charge in [-0.05, 0) is 46.1 Å². The number of aromatic nitrogens is 3. The number of nitrogens with two attached hydrogens (primary N) is 1. The van der Waals surface area contributed by atoms with Crippen molar-refractivity contribution in [2.24, 2.45) is 21.6 Å². The maximum Gasteiger partial charge on any atom is 0.261 e. The Morgan fingerprint density at radius 2 is 2.06 bits per heavy atom. The molecule has 0 radical (unpaired) electrons. The van der Waals surface area contributed by atoms with Crippen molar-refractivity contribution in [3.05, 3.63) is 80.7 Å². The monoisotopic (exact) mass is 506 g/mol. The molecule has 2 aromatic carbocycles. The van der Waals surface area contributed by atoms with Crippen LogP contribution in [0.1, 0.15) is 11.1 Å². The van der Waals surface area contributed by atoms with Gasteiger partial charge >= 0.3 is 0 Å². The van der Waals surface area contributed by atoms with Gasteiger partial charge in [0, 0.05) is 35.4 Å². The van der Waals surface area contributed by atoms with Crippen molar-refractivity contribution in [3.8, 4) is 11.4 Å². The Morgan fingerprint density at radius 3 is 2.79 bits per heavy atom. The van der Waals surface area contributed by atoms with Gasteiger partial charge in [0.05, 0.1) is 17.8 Å². The second kappa shape index (κ2) is 9.93. The molecular formula is C24H23BrN6O2. The molecule has 2 aromatic heterocycles. The number of H-pyrrole nitrogens is 2. The minimum Gasteiger partial charge on any atom is -0.396 e. The number of aromatic amines is 2. The molecule has 4 rings (SSSR count). The summed E-state index contributed by atoms with van der Waals surface area (Å²) in [4.78, 5) is 31.8. The summed E-state index contributed by atoms with van der Waals surface area (Å²) in [5.74, 6) is 0.584. The van der Waals surface area contributed by atoms with Crippen LogP contribution < -0.4 is 11.3 Å². The van der Waals surface area contributed by atoms with Crippen molar-refractivity contribution < 1.29 is 5.11 Å². The summed E-state index contributed by atoms with van der Waals surface area (Å²) >= 11 is 3.52. The molecule has 1 unspecified atom stereocenters. The quantitative estimate of drug-likeness (QED) is 0.225. The molecule has 0 saturated heterocycles. The highest BCUT2D eigenvalue weighted by Gasteiger charge is 2.17. The fourth-order valence-electron chi connectivity index (χ4n) is 3.54. The summed E-state index contributed by atoms with van der Waals surface area (Å²) in [7, 11) is 1.62. The molecule has 0 saturated carbocycles. The number of aliphatic hydroxyl groups excluding tert-OH is 1. The first-order valence-corrected chi connectivity index (χ1v) is 11.1. The lowest BCUT2D eigenvalue weighted by Crippen LogP contribution is -2.12. The molecule has 2 heterocycles. The largest absolute Gasteiger partial charge is 0.396 e. The highest BCUT2D eigenvalue weighted by Crippen LogP contribution is 2.30. The average molecular weight is 507 g/mol. The van der Waals surface area contributed by atoms with Gasteiger partial charge in [0.25, 0.3) is 5.56 Å². The molecule has 4 aromatic rings. The van der Waals surface area contributed by atoms with E-state index in [1.165, 1.54) is 0 Å². The topological polar surface area (TPSA) is 133 Å². The van der Waals surface area contributed by atoms with Gasteiger partial charge in [0.2, 0.25) is 0 Å². The van der Waals surface area contributed by atoms with Crippen LogP contribution in [0.2, 0.25) is 0 Å². The summed E-state index contributed by atoms with van der Waals surface area (Å²) in [6, 6.07) is 15.3.